The number of thioether (sulfide) groups is 1. The van der Waals surface area contributed by atoms with E-state index in [4.69, 9.17) is 11.6 Å². The third-order valence-electron chi connectivity index (χ3n) is 3.35. The third kappa shape index (κ3) is 3.92. The van der Waals surface area contributed by atoms with Gasteiger partial charge in [0, 0.05) is 12.7 Å². The van der Waals surface area contributed by atoms with E-state index in [0.717, 1.165) is 5.56 Å². The smallest absolute Gasteiger partial charge is 0.267 e. The maximum atomic E-state index is 12.7. The van der Waals surface area contributed by atoms with Gasteiger partial charge in [-0.05, 0) is 47.7 Å². The number of pyridine rings is 1. The highest BCUT2D eigenvalue weighted by Gasteiger charge is 2.32. The Labute approximate surface area is 154 Å². The molecule has 0 atom stereocenters. The van der Waals surface area contributed by atoms with E-state index in [2.05, 4.69) is 16.6 Å². The fourth-order valence-electron chi connectivity index (χ4n) is 2.17. The summed E-state index contributed by atoms with van der Waals surface area (Å²) >= 11 is 7.32. The van der Waals surface area contributed by atoms with Crippen LogP contribution < -0.4 is 0 Å². The van der Waals surface area contributed by atoms with Crippen molar-refractivity contribution in [3.8, 4) is 5.75 Å². The molecule has 1 aromatic heterocycles. The summed E-state index contributed by atoms with van der Waals surface area (Å²) in [6.45, 7) is 4.04. The molecule has 5 nitrogen and oxygen atoms in total. The van der Waals surface area contributed by atoms with Gasteiger partial charge < -0.3 is 5.11 Å². The summed E-state index contributed by atoms with van der Waals surface area (Å²) in [6.07, 6.45) is 4.98. The normalized spacial score (nSPS) is 17.5. The lowest BCUT2D eigenvalue weighted by Crippen LogP contribution is -2.29. The number of hydrogen-bond acceptors (Lipinski definition) is 5. The van der Waals surface area contributed by atoms with Crippen LogP contribution in [0.15, 0.2) is 65.1 Å². The Kier molecular flexibility index (Phi) is 5.21. The predicted octanol–water partition coefficient (Wildman–Crippen LogP) is 4.23. The fraction of sp³-hybridized carbons (Fsp3) is 0.0556. The molecular weight excluding hydrogens is 358 g/mol. The molecule has 0 saturated carbocycles. The van der Waals surface area contributed by atoms with Gasteiger partial charge in [0.2, 0.25) is 0 Å². The Morgan fingerprint density at radius 1 is 1.32 bits per heavy atom. The van der Waals surface area contributed by atoms with E-state index in [1.54, 1.807) is 54.7 Å². The number of nitrogens with zero attached hydrogens (tertiary/aromatic N) is 3. The van der Waals surface area contributed by atoms with E-state index >= 15 is 0 Å². The van der Waals surface area contributed by atoms with Gasteiger partial charge in [-0.1, -0.05) is 29.8 Å². The van der Waals surface area contributed by atoms with Gasteiger partial charge in [0.25, 0.3) is 5.91 Å². The van der Waals surface area contributed by atoms with E-state index in [9.17, 15) is 9.90 Å². The molecule has 126 valence electrons. The molecule has 1 aliphatic heterocycles. The van der Waals surface area contributed by atoms with Crippen LogP contribution in [-0.4, -0.2) is 32.6 Å². The third-order valence-corrected chi connectivity index (χ3v) is 4.64. The number of amidine groups is 1. The standard InChI is InChI=1S/C18H14ClN3O2S/c1-2-10-22-17(24)15(11-12-5-7-13(23)8-6-12)25-18(22)21-14-4-3-9-20-16(14)19/h2-9,11,23H,1,10H2/b15-11-,21-18?. The molecule has 1 aliphatic rings. The number of rotatable bonds is 4. The van der Waals surface area contributed by atoms with Gasteiger partial charge in [0.1, 0.15) is 11.4 Å². The molecule has 1 N–H and O–H groups in total. The lowest BCUT2D eigenvalue weighted by molar-refractivity contribution is -0.121. The number of halogens is 1. The van der Waals surface area contributed by atoms with Crippen molar-refractivity contribution in [2.24, 2.45) is 4.99 Å². The minimum absolute atomic E-state index is 0.156. The number of aromatic hydroxyl groups is 1. The number of aliphatic imine (C=N–C) groups is 1. The molecule has 0 unspecified atom stereocenters. The Hall–Kier alpha value is -2.57. The second-order valence-corrected chi connectivity index (χ2v) is 6.48. The van der Waals surface area contributed by atoms with E-state index in [1.165, 1.54) is 16.7 Å². The Balaban J connectivity index is 1.96. The summed E-state index contributed by atoms with van der Waals surface area (Å²) in [5.41, 5.74) is 1.31. The molecule has 1 fully saturated rings. The minimum Gasteiger partial charge on any atom is -0.508 e. The lowest BCUT2D eigenvalue weighted by atomic mass is 10.2. The average molecular weight is 372 g/mol. The summed E-state index contributed by atoms with van der Waals surface area (Å²) in [6, 6.07) is 10.1. The first-order chi connectivity index (χ1) is 12.1. The van der Waals surface area contributed by atoms with Crippen molar-refractivity contribution in [3.05, 3.63) is 70.9 Å². The maximum Gasteiger partial charge on any atom is 0.267 e. The second kappa shape index (κ2) is 7.55. The molecule has 2 heterocycles. The Morgan fingerprint density at radius 3 is 2.76 bits per heavy atom. The van der Waals surface area contributed by atoms with E-state index in [1.807, 2.05) is 0 Å². The monoisotopic (exact) mass is 371 g/mol. The van der Waals surface area contributed by atoms with Gasteiger partial charge in [0.15, 0.2) is 10.3 Å². The van der Waals surface area contributed by atoms with Crippen molar-refractivity contribution < 1.29 is 9.90 Å². The van der Waals surface area contributed by atoms with Crippen molar-refractivity contribution in [2.75, 3.05) is 6.54 Å². The summed E-state index contributed by atoms with van der Waals surface area (Å²) < 4.78 is 0. The SMILES string of the molecule is C=CCN1C(=O)/C(=C/c2ccc(O)cc2)SC1=Nc1cccnc1Cl. The van der Waals surface area contributed by atoms with Crippen LogP contribution in [-0.2, 0) is 4.79 Å². The van der Waals surface area contributed by atoms with Crippen molar-refractivity contribution >= 4 is 46.2 Å². The molecule has 7 heteroatoms. The van der Waals surface area contributed by atoms with Crippen molar-refractivity contribution in [1.82, 2.24) is 9.88 Å². The molecule has 1 saturated heterocycles. The van der Waals surface area contributed by atoms with Crippen LogP contribution in [0.5, 0.6) is 5.75 Å². The number of phenols is 1. The van der Waals surface area contributed by atoms with Gasteiger partial charge >= 0.3 is 0 Å². The van der Waals surface area contributed by atoms with Crippen LogP contribution in [0.4, 0.5) is 5.69 Å². The number of benzene rings is 1. The molecule has 0 spiro atoms. The number of hydrogen-bond donors (Lipinski definition) is 1. The van der Waals surface area contributed by atoms with Gasteiger partial charge in [0.05, 0.1) is 4.91 Å². The first kappa shape index (κ1) is 17.3. The van der Waals surface area contributed by atoms with Crippen LogP contribution in [0.1, 0.15) is 5.56 Å². The lowest BCUT2D eigenvalue weighted by Gasteiger charge is -2.12. The Morgan fingerprint density at radius 2 is 2.08 bits per heavy atom. The highest BCUT2D eigenvalue weighted by molar-refractivity contribution is 8.18. The zero-order chi connectivity index (χ0) is 17.8. The van der Waals surface area contributed by atoms with Crippen molar-refractivity contribution in [2.45, 2.75) is 0 Å². The predicted molar refractivity (Wildman–Crippen MR) is 102 cm³/mol. The van der Waals surface area contributed by atoms with Gasteiger partial charge in [-0.2, -0.15) is 0 Å². The van der Waals surface area contributed by atoms with Crippen LogP contribution in [0.2, 0.25) is 5.15 Å². The van der Waals surface area contributed by atoms with Crippen molar-refractivity contribution in [1.29, 1.82) is 0 Å². The van der Waals surface area contributed by atoms with E-state index in [-0.39, 0.29) is 16.8 Å². The molecule has 3 rings (SSSR count). The first-order valence-corrected chi connectivity index (χ1v) is 8.58. The van der Waals surface area contributed by atoms with E-state index in [0.29, 0.717) is 22.3 Å². The number of carbonyl (C=O) groups excluding carboxylic acids is 1. The largest absolute Gasteiger partial charge is 0.508 e. The Bertz CT molecular complexity index is 878. The first-order valence-electron chi connectivity index (χ1n) is 7.39. The second-order valence-electron chi connectivity index (χ2n) is 5.11. The number of carbonyl (C=O) groups is 1. The van der Waals surface area contributed by atoms with Crippen LogP contribution in [0.3, 0.4) is 0 Å². The van der Waals surface area contributed by atoms with Crippen LogP contribution >= 0.6 is 23.4 Å². The van der Waals surface area contributed by atoms with Crippen LogP contribution in [0, 0.1) is 0 Å². The minimum atomic E-state index is -0.156. The molecule has 25 heavy (non-hydrogen) atoms. The molecule has 0 radical (unpaired) electrons. The van der Waals surface area contributed by atoms with E-state index < -0.39 is 0 Å². The average Bonchev–Trinajstić information content (AvgIpc) is 2.88. The topological polar surface area (TPSA) is 65.8 Å². The van der Waals surface area contributed by atoms with Gasteiger partial charge in [-0.15, -0.1) is 6.58 Å². The summed E-state index contributed by atoms with van der Waals surface area (Å²) in [5, 5.41) is 10.2. The highest BCUT2D eigenvalue weighted by atomic mass is 35.5. The van der Waals surface area contributed by atoms with Gasteiger partial charge in [-0.3, -0.25) is 9.69 Å². The quantitative estimate of drug-likeness (QED) is 0.496. The number of aromatic nitrogens is 1. The highest BCUT2D eigenvalue weighted by Crippen LogP contribution is 2.35. The molecule has 2 aromatic rings. The number of amides is 1. The maximum absolute atomic E-state index is 12.7. The molecular formula is C18H14ClN3O2S. The fourth-order valence-corrected chi connectivity index (χ4v) is 3.33. The molecule has 1 aromatic carbocycles. The zero-order valence-electron chi connectivity index (χ0n) is 13.1. The summed E-state index contributed by atoms with van der Waals surface area (Å²) in [4.78, 5) is 23.2. The van der Waals surface area contributed by atoms with Crippen molar-refractivity contribution in [3.63, 3.8) is 0 Å². The summed E-state index contributed by atoms with van der Waals surface area (Å²) in [7, 11) is 0. The van der Waals surface area contributed by atoms with Crippen LogP contribution in [0.25, 0.3) is 6.08 Å². The summed E-state index contributed by atoms with van der Waals surface area (Å²) in [5.74, 6) is 0.0195. The number of phenolic OH excluding ortho intramolecular Hbond substituents is 1. The zero-order valence-corrected chi connectivity index (χ0v) is 14.7. The molecule has 0 bridgehead atoms. The molecule has 1 amide bonds. The molecule has 0 aliphatic carbocycles. The van der Waals surface area contributed by atoms with Gasteiger partial charge in [-0.25, -0.2) is 9.98 Å².